The summed E-state index contributed by atoms with van der Waals surface area (Å²) in [4.78, 5) is 25.2. The van der Waals surface area contributed by atoms with E-state index in [9.17, 15) is 4.79 Å². The zero-order chi connectivity index (χ0) is 16.1. The van der Waals surface area contributed by atoms with Gasteiger partial charge in [-0.1, -0.05) is 0 Å². The maximum Gasteiger partial charge on any atom is 0.315 e. The van der Waals surface area contributed by atoms with Crippen molar-refractivity contribution in [3.8, 4) is 0 Å². The van der Waals surface area contributed by atoms with E-state index in [0.717, 1.165) is 50.9 Å². The highest BCUT2D eigenvalue weighted by Gasteiger charge is 2.19. The third-order valence-corrected chi connectivity index (χ3v) is 4.08. The average molecular weight is 308 g/mol. The molecule has 124 valence electrons. The van der Waals surface area contributed by atoms with Crippen molar-refractivity contribution in [3.05, 3.63) is 0 Å². The van der Waals surface area contributed by atoms with Crippen LogP contribution in [0.15, 0.2) is 9.98 Å². The van der Waals surface area contributed by atoms with Crippen molar-refractivity contribution < 1.29 is 4.79 Å². The van der Waals surface area contributed by atoms with Crippen molar-refractivity contribution >= 4 is 17.7 Å². The molecule has 7 heteroatoms. The Kier molecular flexibility index (Phi) is 5.63. The van der Waals surface area contributed by atoms with Crippen LogP contribution in [0.25, 0.3) is 0 Å². The van der Waals surface area contributed by atoms with Gasteiger partial charge in [0, 0.05) is 38.3 Å². The highest BCUT2D eigenvalue weighted by atomic mass is 16.2. The molecule has 0 aromatic carbocycles. The molecule has 0 aromatic rings. The molecule has 2 aliphatic heterocycles. The zero-order valence-corrected chi connectivity index (χ0v) is 14.1. The van der Waals surface area contributed by atoms with Crippen LogP contribution < -0.4 is 10.6 Å². The van der Waals surface area contributed by atoms with E-state index in [0.29, 0.717) is 0 Å². The maximum absolute atomic E-state index is 12.1. The largest absolute Gasteiger partial charge is 0.357 e. The van der Waals surface area contributed by atoms with E-state index < -0.39 is 0 Å². The van der Waals surface area contributed by atoms with Gasteiger partial charge in [-0.25, -0.2) is 4.79 Å². The smallest absolute Gasteiger partial charge is 0.315 e. The van der Waals surface area contributed by atoms with Crippen LogP contribution in [0.1, 0.15) is 27.7 Å². The number of hydrogen-bond acceptors (Lipinski definition) is 5. The number of carbonyl (C=O) groups excluding carboxylic acids is 1. The molecule has 0 fully saturated rings. The summed E-state index contributed by atoms with van der Waals surface area (Å²) in [6.45, 7) is 13.3. The van der Waals surface area contributed by atoms with Crippen molar-refractivity contribution in [3.63, 3.8) is 0 Å². The lowest BCUT2D eigenvalue weighted by molar-refractivity contribution is 0.230. The fourth-order valence-electron chi connectivity index (χ4n) is 2.88. The second-order valence-corrected chi connectivity index (χ2v) is 6.17. The first kappa shape index (κ1) is 16.6. The number of rotatable bonds is 6. The molecule has 2 heterocycles. The standard InChI is InChI=1S/C15H28N6O/c1-11(9-20-7-5-16-13(20)3)18-15(22)19-12(2)10-21-8-6-17-14(21)4/h11-12H,5-10H2,1-4H3,(H2,18,19,22). The number of amidine groups is 2. The van der Waals surface area contributed by atoms with E-state index in [1.807, 2.05) is 27.7 Å². The molecule has 2 unspecified atom stereocenters. The molecule has 0 saturated heterocycles. The molecule has 0 radical (unpaired) electrons. The summed E-state index contributed by atoms with van der Waals surface area (Å²) in [6.07, 6.45) is 0. The van der Waals surface area contributed by atoms with E-state index in [-0.39, 0.29) is 18.1 Å². The number of urea groups is 1. The van der Waals surface area contributed by atoms with E-state index in [2.05, 4.69) is 30.4 Å². The Labute approximate surface area is 132 Å². The van der Waals surface area contributed by atoms with Crippen molar-refractivity contribution in [1.82, 2.24) is 20.4 Å². The number of hydrogen-bond donors (Lipinski definition) is 2. The van der Waals surface area contributed by atoms with Crippen LogP contribution in [-0.4, -0.2) is 78.9 Å². The summed E-state index contributed by atoms with van der Waals surface area (Å²) < 4.78 is 0. The molecule has 22 heavy (non-hydrogen) atoms. The first-order chi connectivity index (χ1) is 10.5. The van der Waals surface area contributed by atoms with Gasteiger partial charge >= 0.3 is 6.03 Å². The molecular weight excluding hydrogens is 280 g/mol. The van der Waals surface area contributed by atoms with Crippen molar-refractivity contribution in [2.24, 2.45) is 9.98 Å². The SMILES string of the molecule is CC1=NCCN1CC(C)NC(=O)NC(C)CN1CCN=C1C. The third kappa shape index (κ3) is 4.61. The molecule has 0 saturated carbocycles. The first-order valence-electron chi connectivity index (χ1n) is 8.04. The van der Waals surface area contributed by atoms with Gasteiger partial charge in [0.15, 0.2) is 0 Å². The van der Waals surface area contributed by atoms with Crippen LogP contribution >= 0.6 is 0 Å². The summed E-state index contributed by atoms with van der Waals surface area (Å²) in [6, 6.07) is 0.0682. The molecule has 2 N–H and O–H groups in total. The van der Waals surface area contributed by atoms with Gasteiger partial charge in [-0.2, -0.15) is 0 Å². The molecule has 0 aromatic heterocycles. The lowest BCUT2D eigenvalue weighted by Gasteiger charge is -2.26. The van der Waals surface area contributed by atoms with Crippen molar-refractivity contribution in [1.29, 1.82) is 0 Å². The summed E-state index contributed by atoms with van der Waals surface area (Å²) in [5.74, 6) is 2.12. The Hall–Kier alpha value is -1.79. The summed E-state index contributed by atoms with van der Waals surface area (Å²) in [5.41, 5.74) is 0. The van der Waals surface area contributed by atoms with Gasteiger partial charge in [0.1, 0.15) is 0 Å². The predicted molar refractivity (Wildman–Crippen MR) is 89.7 cm³/mol. The molecule has 0 aliphatic carbocycles. The molecular formula is C15H28N6O. The third-order valence-electron chi connectivity index (χ3n) is 4.08. The minimum atomic E-state index is -0.109. The van der Waals surface area contributed by atoms with Gasteiger partial charge in [0.2, 0.25) is 0 Å². The van der Waals surface area contributed by atoms with Gasteiger partial charge in [-0.05, 0) is 27.7 Å². The van der Waals surface area contributed by atoms with Crippen LogP contribution in [0, 0.1) is 0 Å². The Balaban J connectivity index is 1.68. The van der Waals surface area contributed by atoms with Gasteiger partial charge in [0.25, 0.3) is 0 Å². The van der Waals surface area contributed by atoms with E-state index in [1.54, 1.807) is 0 Å². The molecule has 2 amide bonds. The minimum absolute atomic E-state index is 0.0885. The summed E-state index contributed by atoms with van der Waals surface area (Å²) in [5, 5.41) is 6.00. The lowest BCUT2D eigenvalue weighted by Crippen LogP contribution is -2.51. The van der Waals surface area contributed by atoms with Crippen LogP contribution in [-0.2, 0) is 0 Å². The monoisotopic (exact) mass is 308 g/mol. The summed E-state index contributed by atoms with van der Waals surface area (Å²) in [7, 11) is 0. The van der Waals surface area contributed by atoms with Crippen LogP contribution in [0.5, 0.6) is 0 Å². The number of aliphatic imine (C=N–C) groups is 2. The van der Waals surface area contributed by atoms with Crippen molar-refractivity contribution in [2.45, 2.75) is 39.8 Å². The molecule has 0 spiro atoms. The molecule has 0 bridgehead atoms. The van der Waals surface area contributed by atoms with E-state index in [1.165, 1.54) is 0 Å². The Morgan fingerprint density at radius 2 is 1.41 bits per heavy atom. The van der Waals surface area contributed by atoms with Gasteiger partial charge in [-0.15, -0.1) is 0 Å². The number of nitrogens with one attached hydrogen (secondary N) is 2. The van der Waals surface area contributed by atoms with Crippen molar-refractivity contribution in [2.75, 3.05) is 39.3 Å². The first-order valence-corrected chi connectivity index (χ1v) is 8.04. The van der Waals surface area contributed by atoms with Crippen LogP contribution in [0.3, 0.4) is 0 Å². The van der Waals surface area contributed by atoms with E-state index >= 15 is 0 Å². The molecule has 2 aliphatic rings. The predicted octanol–water partition coefficient (Wildman–Crippen LogP) is 0.531. The van der Waals surface area contributed by atoms with Gasteiger partial charge in [0.05, 0.1) is 24.8 Å². The highest BCUT2D eigenvalue weighted by Crippen LogP contribution is 2.03. The number of amides is 2. The molecule has 7 nitrogen and oxygen atoms in total. The van der Waals surface area contributed by atoms with Crippen LogP contribution in [0.2, 0.25) is 0 Å². The van der Waals surface area contributed by atoms with Gasteiger partial charge in [-0.3, -0.25) is 9.98 Å². The number of carbonyl (C=O) groups is 1. The second-order valence-electron chi connectivity index (χ2n) is 6.17. The summed E-state index contributed by atoms with van der Waals surface area (Å²) >= 11 is 0. The minimum Gasteiger partial charge on any atom is -0.357 e. The fraction of sp³-hybridized carbons (Fsp3) is 0.800. The Bertz CT molecular complexity index is 421. The average Bonchev–Trinajstić information content (AvgIpc) is 2.99. The molecule has 2 rings (SSSR count). The zero-order valence-electron chi connectivity index (χ0n) is 14.1. The Morgan fingerprint density at radius 1 is 1.00 bits per heavy atom. The van der Waals surface area contributed by atoms with Gasteiger partial charge < -0.3 is 20.4 Å². The fourth-order valence-corrected chi connectivity index (χ4v) is 2.88. The second kappa shape index (κ2) is 7.47. The van der Waals surface area contributed by atoms with Crippen LogP contribution in [0.4, 0.5) is 4.79 Å². The quantitative estimate of drug-likeness (QED) is 0.752. The highest BCUT2D eigenvalue weighted by molar-refractivity contribution is 5.82. The maximum atomic E-state index is 12.1. The normalized spacial score (nSPS) is 20.5. The van der Waals surface area contributed by atoms with E-state index in [4.69, 9.17) is 0 Å². The lowest BCUT2D eigenvalue weighted by atomic mass is 10.3. The topological polar surface area (TPSA) is 72.3 Å². The number of nitrogens with zero attached hydrogens (tertiary/aromatic N) is 4. The Morgan fingerprint density at radius 3 is 1.73 bits per heavy atom. The molecule has 2 atom stereocenters.